The molecule has 0 radical (unpaired) electrons. The maximum Gasteiger partial charge on any atom is 0.191 e. The summed E-state index contributed by atoms with van der Waals surface area (Å²) in [5.41, 5.74) is 3.32. The lowest BCUT2D eigenvalue weighted by molar-refractivity contribution is 0.410. The zero-order valence-electron chi connectivity index (χ0n) is 12.9. The standard InChI is InChI=1S/C16H19N5O.HI/c1-17-16(20-11-13-7-9-22-21-13)18-8-6-12-10-19-15-5-3-2-4-14(12)15;/h2-5,7,9-10,19H,6,8,11H2,1H3,(H2,17,18,20);1H. The third kappa shape index (κ3) is 4.47. The van der Waals surface area contributed by atoms with E-state index in [1.54, 1.807) is 13.3 Å². The summed E-state index contributed by atoms with van der Waals surface area (Å²) in [7, 11) is 1.75. The van der Waals surface area contributed by atoms with E-state index in [1.165, 1.54) is 16.5 Å². The molecule has 0 aliphatic rings. The van der Waals surface area contributed by atoms with Crippen LogP contribution in [0.2, 0.25) is 0 Å². The average molecular weight is 425 g/mol. The molecule has 0 fully saturated rings. The number of para-hydroxylation sites is 1. The molecule has 0 aliphatic carbocycles. The number of nitrogens with one attached hydrogen (secondary N) is 3. The van der Waals surface area contributed by atoms with Crippen LogP contribution in [0.4, 0.5) is 0 Å². The molecular formula is C16H20IN5O. The number of rotatable bonds is 5. The van der Waals surface area contributed by atoms with Crippen molar-refractivity contribution in [1.29, 1.82) is 0 Å². The van der Waals surface area contributed by atoms with Gasteiger partial charge in [-0.15, -0.1) is 24.0 Å². The van der Waals surface area contributed by atoms with E-state index >= 15 is 0 Å². The molecule has 3 N–H and O–H groups in total. The molecule has 0 saturated carbocycles. The molecule has 0 unspecified atom stereocenters. The number of fused-ring (bicyclic) bond motifs is 1. The van der Waals surface area contributed by atoms with Crippen molar-refractivity contribution in [3.63, 3.8) is 0 Å². The van der Waals surface area contributed by atoms with Gasteiger partial charge in [-0.1, -0.05) is 23.4 Å². The van der Waals surface area contributed by atoms with Gasteiger partial charge in [0.25, 0.3) is 0 Å². The van der Waals surface area contributed by atoms with Gasteiger partial charge in [0, 0.05) is 36.8 Å². The lowest BCUT2D eigenvalue weighted by Gasteiger charge is -2.10. The van der Waals surface area contributed by atoms with Crippen LogP contribution in [-0.2, 0) is 13.0 Å². The van der Waals surface area contributed by atoms with E-state index in [9.17, 15) is 0 Å². The summed E-state index contributed by atoms with van der Waals surface area (Å²) in [6.45, 7) is 1.39. The second kappa shape index (κ2) is 8.56. The summed E-state index contributed by atoms with van der Waals surface area (Å²) in [5, 5.41) is 11.6. The fourth-order valence-corrected chi connectivity index (χ4v) is 2.38. The van der Waals surface area contributed by atoms with Gasteiger partial charge in [0.2, 0.25) is 0 Å². The smallest absolute Gasteiger partial charge is 0.191 e. The minimum Gasteiger partial charge on any atom is -0.364 e. The number of benzene rings is 1. The van der Waals surface area contributed by atoms with Crippen LogP contribution in [0.3, 0.4) is 0 Å². The van der Waals surface area contributed by atoms with E-state index in [1.807, 2.05) is 12.1 Å². The molecule has 0 spiro atoms. The van der Waals surface area contributed by atoms with Crippen LogP contribution < -0.4 is 10.6 Å². The van der Waals surface area contributed by atoms with Crippen molar-refractivity contribution in [2.24, 2.45) is 4.99 Å². The molecule has 3 aromatic rings. The van der Waals surface area contributed by atoms with E-state index in [4.69, 9.17) is 4.52 Å². The second-order valence-corrected chi connectivity index (χ2v) is 4.95. The third-order valence-electron chi connectivity index (χ3n) is 3.51. The predicted molar refractivity (Wildman–Crippen MR) is 102 cm³/mol. The molecule has 122 valence electrons. The summed E-state index contributed by atoms with van der Waals surface area (Å²) in [5.74, 6) is 0.753. The van der Waals surface area contributed by atoms with E-state index in [0.717, 1.165) is 24.6 Å². The van der Waals surface area contributed by atoms with Crippen molar-refractivity contribution < 1.29 is 4.52 Å². The number of guanidine groups is 1. The van der Waals surface area contributed by atoms with Crippen molar-refractivity contribution in [3.05, 3.63) is 54.0 Å². The summed E-state index contributed by atoms with van der Waals surface area (Å²) in [4.78, 5) is 7.49. The van der Waals surface area contributed by atoms with E-state index < -0.39 is 0 Å². The molecule has 2 heterocycles. The number of nitrogens with zero attached hydrogens (tertiary/aromatic N) is 2. The SMILES string of the molecule is CN=C(NCCc1c[nH]c2ccccc12)NCc1ccon1.I. The minimum absolute atomic E-state index is 0. The van der Waals surface area contributed by atoms with Crippen LogP contribution in [0.5, 0.6) is 0 Å². The van der Waals surface area contributed by atoms with Gasteiger partial charge in [-0.25, -0.2) is 0 Å². The van der Waals surface area contributed by atoms with Gasteiger partial charge in [-0.3, -0.25) is 4.99 Å². The van der Waals surface area contributed by atoms with E-state index in [2.05, 4.69) is 50.2 Å². The lowest BCUT2D eigenvalue weighted by atomic mass is 10.1. The first-order valence-corrected chi connectivity index (χ1v) is 7.25. The van der Waals surface area contributed by atoms with Gasteiger partial charge in [0.15, 0.2) is 5.96 Å². The van der Waals surface area contributed by atoms with Gasteiger partial charge < -0.3 is 20.1 Å². The van der Waals surface area contributed by atoms with Crippen molar-refractivity contribution in [1.82, 2.24) is 20.8 Å². The van der Waals surface area contributed by atoms with Gasteiger partial charge in [0.1, 0.15) is 12.0 Å². The van der Waals surface area contributed by atoms with Crippen molar-refractivity contribution >= 4 is 40.8 Å². The Morgan fingerprint density at radius 1 is 1.26 bits per heavy atom. The molecule has 0 bridgehead atoms. The van der Waals surface area contributed by atoms with Gasteiger partial charge in [-0.05, 0) is 18.1 Å². The Bertz CT molecular complexity index is 751. The van der Waals surface area contributed by atoms with Gasteiger partial charge in [0.05, 0.1) is 6.54 Å². The topological polar surface area (TPSA) is 78.2 Å². The minimum atomic E-state index is 0. The number of aromatic nitrogens is 2. The normalized spacial score (nSPS) is 11.3. The highest BCUT2D eigenvalue weighted by molar-refractivity contribution is 14.0. The van der Waals surface area contributed by atoms with Crippen LogP contribution in [0.15, 0.2) is 52.3 Å². The number of halogens is 1. The number of aromatic amines is 1. The molecule has 0 aliphatic heterocycles. The summed E-state index contributed by atoms with van der Waals surface area (Å²) >= 11 is 0. The van der Waals surface area contributed by atoms with Crippen LogP contribution in [0, 0.1) is 0 Å². The number of aliphatic imine (C=N–C) groups is 1. The molecule has 23 heavy (non-hydrogen) atoms. The molecule has 3 rings (SSSR count). The molecule has 0 atom stereocenters. The number of hydrogen-bond acceptors (Lipinski definition) is 3. The van der Waals surface area contributed by atoms with Crippen molar-refractivity contribution in [2.45, 2.75) is 13.0 Å². The highest BCUT2D eigenvalue weighted by Gasteiger charge is 2.04. The van der Waals surface area contributed by atoms with Crippen LogP contribution in [-0.4, -0.2) is 29.7 Å². The molecule has 0 amide bonds. The Hall–Kier alpha value is -2.03. The highest BCUT2D eigenvalue weighted by atomic mass is 127. The molecule has 2 aromatic heterocycles. The van der Waals surface area contributed by atoms with Crippen molar-refractivity contribution in [3.8, 4) is 0 Å². The Labute approximate surface area is 151 Å². The average Bonchev–Trinajstić information content (AvgIpc) is 3.20. The lowest BCUT2D eigenvalue weighted by Crippen LogP contribution is -2.37. The Morgan fingerprint density at radius 2 is 2.13 bits per heavy atom. The van der Waals surface area contributed by atoms with Crippen LogP contribution >= 0.6 is 24.0 Å². The maximum absolute atomic E-state index is 4.80. The Balaban J connectivity index is 0.00000192. The Kier molecular flexibility index (Phi) is 6.45. The summed E-state index contributed by atoms with van der Waals surface area (Å²) in [6, 6.07) is 10.2. The molecule has 7 heteroatoms. The molecule has 0 saturated heterocycles. The monoisotopic (exact) mass is 425 g/mol. The van der Waals surface area contributed by atoms with Crippen LogP contribution in [0.1, 0.15) is 11.3 Å². The third-order valence-corrected chi connectivity index (χ3v) is 3.51. The second-order valence-electron chi connectivity index (χ2n) is 4.95. The first kappa shape index (κ1) is 17.3. The molecular weight excluding hydrogens is 405 g/mol. The van der Waals surface area contributed by atoms with Gasteiger partial charge in [-0.2, -0.15) is 0 Å². The number of hydrogen-bond donors (Lipinski definition) is 3. The highest BCUT2D eigenvalue weighted by Crippen LogP contribution is 2.17. The maximum atomic E-state index is 4.80. The first-order chi connectivity index (χ1) is 10.9. The summed E-state index contributed by atoms with van der Waals surface area (Å²) < 4.78 is 4.80. The van der Waals surface area contributed by atoms with E-state index in [0.29, 0.717) is 6.54 Å². The first-order valence-electron chi connectivity index (χ1n) is 7.25. The fraction of sp³-hybridized carbons (Fsp3) is 0.250. The molecule has 6 nitrogen and oxygen atoms in total. The largest absolute Gasteiger partial charge is 0.364 e. The van der Waals surface area contributed by atoms with Gasteiger partial charge >= 0.3 is 0 Å². The van der Waals surface area contributed by atoms with Crippen LogP contribution in [0.25, 0.3) is 10.9 Å². The zero-order valence-corrected chi connectivity index (χ0v) is 15.2. The Morgan fingerprint density at radius 3 is 2.91 bits per heavy atom. The summed E-state index contributed by atoms with van der Waals surface area (Å²) in [6.07, 6.45) is 4.55. The van der Waals surface area contributed by atoms with E-state index in [-0.39, 0.29) is 24.0 Å². The fourth-order valence-electron chi connectivity index (χ4n) is 2.38. The quantitative estimate of drug-likeness (QED) is 0.334. The van der Waals surface area contributed by atoms with Crippen molar-refractivity contribution in [2.75, 3.05) is 13.6 Å². The number of H-pyrrole nitrogens is 1. The predicted octanol–water partition coefficient (Wildman–Crippen LogP) is 2.68. The molecule has 1 aromatic carbocycles. The zero-order chi connectivity index (χ0) is 15.2.